The molecule has 0 fully saturated rings. The summed E-state index contributed by atoms with van der Waals surface area (Å²) in [6.45, 7) is 1.03. The van der Waals surface area contributed by atoms with Gasteiger partial charge in [0.1, 0.15) is 12.7 Å². The fourth-order valence-electron chi connectivity index (χ4n) is 2.88. The van der Waals surface area contributed by atoms with E-state index in [1.165, 1.54) is 6.33 Å². The van der Waals surface area contributed by atoms with Gasteiger partial charge in [-0.15, -0.1) is 0 Å². The average Bonchev–Trinajstić information content (AvgIpc) is 3.20. The first-order valence-corrected chi connectivity index (χ1v) is 8.49. The van der Waals surface area contributed by atoms with Gasteiger partial charge in [0.2, 0.25) is 0 Å². The fraction of sp³-hybridized carbons (Fsp3) is 0.250. The summed E-state index contributed by atoms with van der Waals surface area (Å²) in [5.74, 6) is 1.23. The molecule has 1 aromatic heterocycles. The average molecular weight is 366 g/mol. The second-order valence-electron chi connectivity index (χ2n) is 6.10. The molecule has 0 saturated carbocycles. The van der Waals surface area contributed by atoms with E-state index in [2.05, 4.69) is 10.1 Å². The van der Waals surface area contributed by atoms with E-state index >= 15 is 0 Å². The van der Waals surface area contributed by atoms with E-state index in [0.29, 0.717) is 30.2 Å². The first-order chi connectivity index (χ1) is 13.1. The van der Waals surface area contributed by atoms with Gasteiger partial charge in [0.25, 0.3) is 5.91 Å². The normalized spacial score (nSPS) is 10.5. The molecule has 0 atom stereocenters. The van der Waals surface area contributed by atoms with Crippen molar-refractivity contribution >= 4 is 5.91 Å². The number of aromatic nitrogens is 3. The van der Waals surface area contributed by atoms with Crippen LogP contribution >= 0.6 is 0 Å². The summed E-state index contributed by atoms with van der Waals surface area (Å²) in [6.07, 6.45) is 3.16. The minimum atomic E-state index is -0.0628. The van der Waals surface area contributed by atoms with E-state index in [0.717, 1.165) is 11.1 Å². The molecule has 7 nitrogen and oxygen atoms in total. The highest BCUT2D eigenvalue weighted by Gasteiger charge is 2.16. The Morgan fingerprint density at radius 2 is 1.89 bits per heavy atom. The predicted octanol–water partition coefficient (Wildman–Crippen LogP) is 2.62. The van der Waals surface area contributed by atoms with Crippen LogP contribution in [0.4, 0.5) is 0 Å². The maximum Gasteiger partial charge on any atom is 0.253 e. The molecule has 2 aromatic carbocycles. The summed E-state index contributed by atoms with van der Waals surface area (Å²) in [5, 5.41) is 4.08. The number of benzene rings is 2. The lowest BCUT2D eigenvalue weighted by atomic mass is 10.1. The van der Waals surface area contributed by atoms with Crippen LogP contribution in [-0.2, 0) is 13.1 Å². The molecule has 1 amide bonds. The number of ether oxygens (including phenoxy) is 2. The molecule has 27 heavy (non-hydrogen) atoms. The van der Waals surface area contributed by atoms with Crippen molar-refractivity contribution < 1.29 is 14.3 Å². The largest absolute Gasteiger partial charge is 0.493 e. The van der Waals surface area contributed by atoms with Gasteiger partial charge >= 0.3 is 0 Å². The Morgan fingerprint density at radius 1 is 1.11 bits per heavy atom. The van der Waals surface area contributed by atoms with Crippen molar-refractivity contribution in [1.82, 2.24) is 19.7 Å². The second-order valence-corrected chi connectivity index (χ2v) is 6.10. The minimum absolute atomic E-state index is 0.0628. The first-order valence-electron chi connectivity index (χ1n) is 8.49. The summed E-state index contributed by atoms with van der Waals surface area (Å²) in [7, 11) is 4.96. The number of hydrogen-bond donors (Lipinski definition) is 0. The van der Waals surface area contributed by atoms with E-state index in [1.807, 2.05) is 42.5 Å². The molecule has 0 bridgehead atoms. The molecular formula is C20H22N4O3. The van der Waals surface area contributed by atoms with Gasteiger partial charge in [-0.25, -0.2) is 9.67 Å². The third-order valence-electron chi connectivity index (χ3n) is 4.25. The third kappa shape index (κ3) is 4.25. The lowest BCUT2D eigenvalue weighted by Gasteiger charge is -2.20. The van der Waals surface area contributed by atoms with Crippen molar-refractivity contribution in [3.05, 3.63) is 71.8 Å². The highest BCUT2D eigenvalue weighted by Crippen LogP contribution is 2.31. The first kappa shape index (κ1) is 18.4. The molecule has 0 saturated heterocycles. The van der Waals surface area contributed by atoms with Gasteiger partial charge in [-0.3, -0.25) is 4.79 Å². The molecule has 0 spiro atoms. The fourth-order valence-corrected chi connectivity index (χ4v) is 2.88. The number of amides is 1. The Bertz CT molecular complexity index is 892. The molecule has 0 aliphatic rings. The summed E-state index contributed by atoms with van der Waals surface area (Å²) < 4.78 is 12.5. The summed E-state index contributed by atoms with van der Waals surface area (Å²) in [4.78, 5) is 18.3. The van der Waals surface area contributed by atoms with Crippen LogP contribution in [0.1, 0.15) is 21.5 Å². The Morgan fingerprint density at radius 3 is 2.52 bits per heavy atom. The van der Waals surface area contributed by atoms with E-state index in [-0.39, 0.29) is 5.91 Å². The van der Waals surface area contributed by atoms with Gasteiger partial charge in [-0.2, -0.15) is 5.10 Å². The molecule has 1 heterocycles. The Hall–Kier alpha value is -3.35. The standard InChI is InChI=1S/C20H22N4O3/c1-23(12-17-5-4-6-18(26-2)19(17)27-3)20(25)16-9-7-15(8-10-16)11-24-14-21-13-22-24/h4-10,13-14H,11-12H2,1-3H3. The Labute approximate surface area is 158 Å². The molecule has 0 aliphatic heterocycles. The maximum atomic E-state index is 12.8. The highest BCUT2D eigenvalue weighted by molar-refractivity contribution is 5.94. The SMILES string of the molecule is COc1cccc(CN(C)C(=O)c2ccc(Cn3cncn3)cc2)c1OC. The predicted molar refractivity (Wildman–Crippen MR) is 101 cm³/mol. The van der Waals surface area contributed by atoms with Gasteiger partial charge in [-0.05, 0) is 23.8 Å². The van der Waals surface area contributed by atoms with Gasteiger partial charge in [-0.1, -0.05) is 24.3 Å². The number of para-hydroxylation sites is 1. The lowest BCUT2D eigenvalue weighted by Crippen LogP contribution is -2.26. The monoisotopic (exact) mass is 366 g/mol. The molecule has 3 aromatic rings. The quantitative estimate of drug-likeness (QED) is 0.643. The highest BCUT2D eigenvalue weighted by atomic mass is 16.5. The van der Waals surface area contributed by atoms with Crippen LogP contribution in [0.2, 0.25) is 0 Å². The summed E-state index contributed by atoms with van der Waals surface area (Å²) in [5.41, 5.74) is 2.56. The van der Waals surface area contributed by atoms with E-state index in [9.17, 15) is 4.79 Å². The van der Waals surface area contributed by atoms with Crippen LogP contribution in [-0.4, -0.2) is 46.8 Å². The topological polar surface area (TPSA) is 69.5 Å². The number of carbonyl (C=O) groups excluding carboxylic acids is 1. The minimum Gasteiger partial charge on any atom is -0.493 e. The van der Waals surface area contributed by atoms with Crippen LogP contribution in [0.25, 0.3) is 0 Å². The van der Waals surface area contributed by atoms with E-state index < -0.39 is 0 Å². The summed E-state index contributed by atoms with van der Waals surface area (Å²) >= 11 is 0. The van der Waals surface area contributed by atoms with Crippen molar-refractivity contribution in [2.45, 2.75) is 13.1 Å². The summed E-state index contributed by atoms with van der Waals surface area (Å²) in [6, 6.07) is 13.1. The van der Waals surface area contributed by atoms with Crippen molar-refractivity contribution in [3.8, 4) is 11.5 Å². The number of rotatable bonds is 7. The van der Waals surface area contributed by atoms with E-state index in [1.54, 1.807) is 37.2 Å². The van der Waals surface area contributed by atoms with Gasteiger partial charge in [0.05, 0.1) is 20.8 Å². The molecular weight excluding hydrogens is 344 g/mol. The zero-order valence-corrected chi connectivity index (χ0v) is 15.6. The zero-order valence-electron chi connectivity index (χ0n) is 15.6. The lowest BCUT2D eigenvalue weighted by molar-refractivity contribution is 0.0784. The number of methoxy groups -OCH3 is 2. The van der Waals surface area contributed by atoms with Crippen molar-refractivity contribution in [2.24, 2.45) is 0 Å². The van der Waals surface area contributed by atoms with Crippen LogP contribution < -0.4 is 9.47 Å². The molecule has 0 N–H and O–H groups in total. The molecule has 7 heteroatoms. The number of hydrogen-bond acceptors (Lipinski definition) is 5. The molecule has 0 aliphatic carbocycles. The Balaban J connectivity index is 1.70. The van der Waals surface area contributed by atoms with Crippen LogP contribution in [0, 0.1) is 0 Å². The third-order valence-corrected chi connectivity index (χ3v) is 4.25. The second kappa shape index (κ2) is 8.35. The Kier molecular flexibility index (Phi) is 5.71. The molecule has 3 rings (SSSR count). The van der Waals surface area contributed by atoms with Crippen LogP contribution in [0.15, 0.2) is 55.1 Å². The molecule has 0 radical (unpaired) electrons. The van der Waals surface area contributed by atoms with Crippen LogP contribution in [0.5, 0.6) is 11.5 Å². The van der Waals surface area contributed by atoms with Gasteiger partial charge < -0.3 is 14.4 Å². The number of carbonyl (C=O) groups is 1. The molecule has 0 unspecified atom stereocenters. The van der Waals surface area contributed by atoms with Gasteiger partial charge in [0, 0.05) is 24.7 Å². The van der Waals surface area contributed by atoms with Crippen molar-refractivity contribution in [3.63, 3.8) is 0 Å². The number of nitrogens with zero attached hydrogens (tertiary/aromatic N) is 4. The zero-order chi connectivity index (χ0) is 19.2. The van der Waals surface area contributed by atoms with E-state index in [4.69, 9.17) is 9.47 Å². The van der Waals surface area contributed by atoms with Gasteiger partial charge in [0.15, 0.2) is 11.5 Å². The van der Waals surface area contributed by atoms with Crippen molar-refractivity contribution in [1.29, 1.82) is 0 Å². The van der Waals surface area contributed by atoms with Crippen LogP contribution in [0.3, 0.4) is 0 Å². The van der Waals surface area contributed by atoms with Crippen molar-refractivity contribution in [2.75, 3.05) is 21.3 Å². The smallest absolute Gasteiger partial charge is 0.253 e. The maximum absolute atomic E-state index is 12.8. The molecule has 140 valence electrons.